The van der Waals surface area contributed by atoms with Gasteiger partial charge in [0.25, 0.3) is 0 Å². The first kappa shape index (κ1) is 14.0. The molecule has 2 unspecified atom stereocenters. The molecule has 4 nitrogen and oxygen atoms in total. The van der Waals surface area contributed by atoms with Gasteiger partial charge in [0.1, 0.15) is 0 Å². The zero-order chi connectivity index (χ0) is 13.1. The molecule has 0 aromatic rings. The van der Waals surface area contributed by atoms with E-state index in [1.54, 1.807) is 6.92 Å². The van der Waals surface area contributed by atoms with Crippen LogP contribution in [0.2, 0.25) is 0 Å². The minimum atomic E-state index is -0.349. The zero-order valence-corrected chi connectivity index (χ0v) is 11.2. The molecule has 1 fully saturated rings. The van der Waals surface area contributed by atoms with Crippen LogP contribution in [-0.2, 0) is 9.53 Å². The largest absolute Gasteiger partial charge is 0.465 e. The maximum atomic E-state index is 11.7. The second kappa shape index (κ2) is 5.52. The molecule has 4 heteroatoms. The summed E-state index contributed by atoms with van der Waals surface area (Å²) in [6.07, 6.45) is 2.38. The summed E-state index contributed by atoms with van der Waals surface area (Å²) in [4.78, 5) is 11.7. The Labute approximate surface area is 103 Å². The number of oxime groups is 1. The summed E-state index contributed by atoms with van der Waals surface area (Å²) < 4.78 is 5.00. The first-order valence-corrected chi connectivity index (χ1v) is 6.27. The average Bonchev–Trinajstić information content (AvgIpc) is 2.27. The SMILES string of the molecule is CCOC(=O)C1CCC(C(C)(C)C)C/C1=N\O. The Hall–Kier alpha value is -1.06. The number of rotatable bonds is 2. The molecule has 1 aliphatic rings. The highest BCUT2D eigenvalue weighted by molar-refractivity contribution is 6.02. The Morgan fingerprint density at radius 1 is 1.47 bits per heavy atom. The quantitative estimate of drug-likeness (QED) is 0.459. The van der Waals surface area contributed by atoms with Crippen molar-refractivity contribution in [2.45, 2.75) is 47.0 Å². The molecule has 1 rings (SSSR count). The lowest BCUT2D eigenvalue weighted by Crippen LogP contribution is -2.36. The summed E-state index contributed by atoms with van der Waals surface area (Å²) in [6, 6.07) is 0. The van der Waals surface area contributed by atoms with Crippen LogP contribution in [0.4, 0.5) is 0 Å². The highest BCUT2D eigenvalue weighted by atomic mass is 16.5. The van der Waals surface area contributed by atoms with E-state index in [0.717, 1.165) is 12.8 Å². The van der Waals surface area contributed by atoms with E-state index in [-0.39, 0.29) is 17.3 Å². The molecule has 1 saturated carbocycles. The topological polar surface area (TPSA) is 58.9 Å². The van der Waals surface area contributed by atoms with Gasteiger partial charge in [-0.25, -0.2) is 0 Å². The van der Waals surface area contributed by atoms with Crippen LogP contribution in [0.15, 0.2) is 5.16 Å². The van der Waals surface area contributed by atoms with Crippen LogP contribution in [0.5, 0.6) is 0 Å². The van der Waals surface area contributed by atoms with Crippen molar-refractivity contribution in [3.63, 3.8) is 0 Å². The molecule has 0 radical (unpaired) electrons. The summed E-state index contributed by atoms with van der Waals surface area (Å²) in [5.41, 5.74) is 0.755. The van der Waals surface area contributed by atoms with Gasteiger partial charge in [-0.3, -0.25) is 4.79 Å². The molecule has 0 aromatic heterocycles. The first-order valence-electron chi connectivity index (χ1n) is 6.27. The summed E-state index contributed by atoms with van der Waals surface area (Å²) in [5, 5.41) is 12.4. The fraction of sp³-hybridized carbons (Fsp3) is 0.846. The molecule has 0 aliphatic heterocycles. The molecule has 17 heavy (non-hydrogen) atoms. The Kier molecular flexibility index (Phi) is 4.54. The van der Waals surface area contributed by atoms with Gasteiger partial charge in [-0.15, -0.1) is 0 Å². The van der Waals surface area contributed by atoms with E-state index in [4.69, 9.17) is 9.94 Å². The molecule has 0 heterocycles. The molecular formula is C13H23NO3. The van der Waals surface area contributed by atoms with Crippen molar-refractivity contribution in [2.24, 2.45) is 22.4 Å². The normalized spacial score (nSPS) is 28.1. The standard InChI is InChI=1S/C13H23NO3/c1-5-17-12(15)10-7-6-9(13(2,3)4)8-11(10)14-16/h9-10,16H,5-8H2,1-4H3/b14-11+. The van der Waals surface area contributed by atoms with Gasteiger partial charge in [0, 0.05) is 0 Å². The zero-order valence-electron chi connectivity index (χ0n) is 11.2. The fourth-order valence-corrected chi connectivity index (χ4v) is 2.38. The van der Waals surface area contributed by atoms with Crippen molar-refractivity contribution >= 4 is 11.7 Å². The maximum Gasteiger partial charge on any atom is 0.314 e. The molecule has 1 aliphatic carbocycles. The number of carbonyl (C=O) groups excluding carboxylic acids is 1. The highest BCUT2D eigenvalue weighted by Crippen LogP contribution is 2.38. The number of carbonyl (C=O) groups is 1. The van der Waals surface area contributed by atoms with Crippen LogP contribution in [0, 0.1) is 17.3 Å². The van der Waals surface area contributed by atoms with E-state index >= 15 is 0 Å². The Morgan fingerprint density at radius 2 is 2.12 bits per heavy atom. The molecule has 2 atom stereocenters. The number of hydrogen-bond donors (Lipinski definition) is 1. The Bertz CT molecular complexity index is 304. The van der Waals surface area contributed by atoms with Gasteiger partial charge in [-0.1, -0.05) is 25.9 Å². The van der Waals surface area contributed by atoms with Crippen LogP contribution in [0.1, 0.15) is 47.0 Å². The number of hydrogen-bond acceptors (Lipinski definition) is 4. The van der Waals surface area contributed by atoms with Crippen LogP contribution in [0.25, 0.3) is 0 Å². The van der Waals surface area contributed by atoms with E-state index < -0.39 is 0 Å². The third kappa shape index (κ3) is 3.45. The average molecular weight is 241 g/mol. The van der Waals surface area contributed by atoms with E-state index in [1.807, 2.05) is 0 Å². The third-order valence-corrected chi connectivity index (χ3v) is 3.59. The van der Waals surface area contributed by atoms with Crippen LogP contribution < -0.4 is 0 Å². The Balaban J connectivity index is 2.73. The van der Waals surface area contributed by atoms with Crippen molar-refractivity contribution in [2.75, 3.05) is 6.61 Å². The number of esters is 1. The van der Waals surface area contributed by atoms with Gasteiger partial charge in [0.15, 0.2) is 0 Å². The minimum absolute atomic E-state index is 0.176. The van der Waals surface area contributed by atoms with Gasteiger partial charge in [-0.05, 0) is 37.5 Å². The summed E-state index contributed by atoms with van der Waals surface area (Å²) in [7, 11) is 0. The van der Waals surface area contributed by atoms with Gasteiger partial charge < -0.3 is 9.94 Å². The summed E-state index contributed by atoms with van der Waals surface area (Å²) >= 11 is 0. The van der Waals surface area contributed by atoms with E-state index in [1.165, 1.54) is 0 Å². The molecule has 0 spiro atoms. The molecule has 0 aromatic carbocycles. The van der Waals surface area contributed by atoms with Crippen LogP contribution in [-0.4, -0.2) is 23.5 Å². The number of nitrogens with zero attached hydrogens (tertiary/aromatic N) is 1. The first-order chi connectivity index (χ1) is 7.90. The minimum Gasteiger partial charge on any atom is -0.465 e. The number of ether oxygens (including phenoxy) is 1. The molecule has 0 bridgehead atoms. The Morgan fingerprint density at radius 3 is 2.59 bits per heavy atom. The van der Waals surface area contributed by atoms with Crippen molar-refractivity contribution in [3.8, 4) is 0 Å². The van der Waals surface area contributed by atoms with Crippen molar-refractivity contribution in [1.29, 1.82) is 0 Å². The molecule has 0 amide bonds. The molecule has 98 valence electrons. The van der Waals surface area contributed by atoms with Crippen molar-refractivity contribution in [3.05, 3.63) is 0 Å². The van der Waals surface area contributed by atoms with E-state index in [9.17, 15) is 4.79 Å². The summed E-state index contributed by atoms with van der Waals surface area (Å²) in [5.74, 6) is -0.148. The third-order valence-electron chi connectivity index (χ3n) is 3.59. The van der Waals surface area contributed by atoms with Crippen LogP contribution in [0.3, 0.4) is 0 Å². The molecular weight excluding hydrogens is 218 g/mol. The van der Waals surface area contributed by atoms with Crippen molar-refractivity contribution in [1.82, 2.24) is 0 Å². The van der Waals surface area contributed by atoms with Gasteiger partial charge >= 0.3 is 5.97 Å². The second-order valence-corrected chi connectivity index (χ2v) is 5.74. The molecule has 0 saturated heterocycles. The lowest BCUT2D eigenvalue weighted by atomic mass is 9.69. The van der Waals surface area contributed by atoms with Gasteiger partial charge in [0.05, 0.1) is 18.2 Å². The molecule has 1 N–H and O–H groups in total. The highest BCUT2D eigenvalue weighted by Gasteiger charge is 2.37. The fourth-order valence-electron chi connectivity index (χ4n) is 2.38. The monoisotopic (exact) mass is 241 g/mol. The van der Waals surface area contributed by atoms with Crippen molar-refractivity contribution < 1.29 is 14.7 Å². The van der Waals surface area contributed by atoms with Gasteiger partial charge in [-0.2, -0.15) is 0 Å². The van der Waals surface area contributed by atoms with Crippen LogP contribution >= 0.6 is 0 Å². The van der Waals surface area contributed by atoms with E-state index in [0.29, 0.717) is 24.7 Å². The predicted molar refractivity (Wildman–Crippen MR) is 66.1 cm³/mol. The lowest BCUT2D eigenvalue weighted by Gasteiger charge is -2.36. The second-order valence-electron chi connectivity index (χ2n) is 5.74. The smallest absolute Gasteiger partial charge is 0.314 e. The maximum absolute atomic E-state index is 11.7. The van der Waals surface area contributed by atoms with E-state index in [2.05, 4.69) is 25.9 Å². The van der Waals surface area contributed by atoms with Gasteiger partial charge in [0.2, 0.25) is 0 Å². The lowest BCUT2D eigenvalue weighted by molar-refractivity contribution is -0.146. The summed E-state index contributed by atoms with van der Waals surface area (Å²) in [6.45, 7) is 8.69. The predicted octanol–water partition coefficient (Wildman–Crippen LogP) is 2.84.